The Morgan fingerprint density at radius 3 is 2.88 bits per heavy atom. The van der Waals surface area contributed by atoms with Gasteiger partial charge in [-0.15, -0.1) is 0 Å². The van der Waals surface area contributed by atoms with Gasteiger partial charge in [-0.3, -0.25) is 0 Å². The fraction of sp³-hybridized carbons (Fsp3) is 0.800. The summed E-state index contributed by atoms with van der Waals surface area (Å²) in [5.41, 5.74) is 0. The van der Waals surface area contributed by atoms with E-state index < -0.39 is 0 Å². The summed E-state index contributed by atoms with van der Waals surface area (Å²) in [5.74, 6) is 1.29. The van der Waals surface area contributed by atoms with Crippen LogP contribution in [0, 0.1) is 0 Å². The molecule has 0 saturated carbocycles. The Bertz CT molecular complexity index is 361. The van der Waals surface area contributed by atoms with E-state index in [4.69, 9.17) is 4.52 Å². The maximum absolute atomic E-state index is 9.42. The Hall–Kier alpha value is -1.14. The minimum atomic E-state index is -0.299. The van der Waals surface area contributed by atoms with E-state index in [1.54, 1.807) is 0 Å². The maximum atomic E-state index is 9.42. The second-order valence-corrected chi connectivity index (χ2v) is 4.48. The molecular formula is C10H16N4O2. The van der Waals surface area contributed by atoms with Crippen molar-refractivity contribution in [2.24, 2.45) is 0 Å². The number of rotatable bonds is 2. The van der Waals surface area contributed by atoms with Crippen molar-refractivity contribution in [1.29, 1.82) is 0 Å². The van der Waals surface area contributed by atoms with Gasteiger partial charge in [0.2, 0.25) is 5.89 Å². The van der Waals surface area contributed by atoms with Crippen molar-refractivity contribution in [3.05, 3.63) is 5.89 Å². The molecule has 0 amide bonds. The first-order valence-electron chi connectivity index (χ1n) is 5.83. The SMILES string of the molecule is O[C@H]1CN[C@H](c2nc(N3CCCC3)no2)C1. The third-order valence-electron chi connectivity index (χ3n) is 3.23. The molecule has 0 aliphatic carbocycles. The number of nitrogens with zero attached hydrogens (tertiary/aromatic N) is 3. The zero-order chi connectivity index (χ0) is 11.0. The van der Waals surface area contributed by atoms with Crippen molar-refractivity contribution in [3.8, 4) is 0 Å². The average Bonchev–Trinajstić information content (AvgIpc) is 2.97. The van der Waals surface area contributed by atoms with Crippen molar-refractivity contribution in [3.63, 3.8) is 0 Å². The number of hydrogen-bond donors (Lipinski definition) is 2. The number of aliphatic hydroxyl groups is 1. The zero-order valence-corrected chi connectivity index (χ0v) is 9.09. The molecule has 2 aliphatic rings. The van der Waals surface area contributed by atoms with Gasteiger partial charge in [0.05, 0.1) is 12.1 Å². The molecule has 0 spiro atoms. The molecule has 0 unspecified atom stereocenters. The van der Waals surface area contributed by atoms with Crippen LogP contribution in [0.3, 0.4) is 0 Å². The van der Waals surface area contributed by atoms with E-state index in [0.717, 1.165) is 13.1 Å². The van der Waals surface area contributed by atoms with E-state index in [9.17, 15) is 5.11 Å². The quantitative estimate of drug-likeness (QED) is 0.740. The monoisotopic (exact) mass is 224 g/mol. The highest BCUT2D eigenvalue weighted by Crippen LogP contribution is 2.24. The van der Waals surface area contributed by atoms with E-state index in [1.165, 1.54) is 12.8 Å². The first kappa shape index (κ1) is 10.0. The smallest absolute Gasteiger partial charge is 0.266 e. The molecular weight excluding hydrogens is 208 g/mol. The molecule has 1 aromatic rings. The largest absolute Gasteiger partial charge is 0.392 e. The van der Waals surface area contributed by atoms with Crippen molar-refractivity contribution in [1.82, 2.24) is 15.5 Å². The minimum Gasteiger partial charge on any atom is -0.392 e. The van der Waals surface area contributed by atoms with Crippen LogP contribution < -0.4 is 10.2 Å². The number of nitrogens with one attached hydrogen (secondary N) is 1. The van der Waals surface area contributed by atoms with Gasteiger partial charge < -0.3 is 19.8 Å². The Morgan fingerprint density at radius 1 is 1.38 bits per heavy atom. The maximum Gasteiger partial charge on any atom is 0.266 e. The van der Waals surface area contributed by atoms with Crippen molar-refractivity contribution in [2.45, 2.75) is 31.4 Å². The van der Waals surface area contributed by atoms with E-state index >= 15 is 0 Å². The molecule has 6 heteroatoms. The third-order valence-corrected chi connectivity index (χ3v) is 3.23. The number of anilines is 1. The molecule has 0 radical (unpaired) electrons. The Kier molecular flexibility index (Phi) is 2.53. The summed E-state index contributed by atoms with van der Waals surface area (Å²) in [7, 11) is 0. The number of aromatic nitrogens is 2. The van der Waals surface area contributed by atoms with Crippen molar-refractivity contribution >= 4 is 5.95 Å². The van der Waals surface area contributed by atoms with Gasteiger partial charge in [-0.2, -0.15) is 4.98 Å². The van der Waals surface area contributed by atoms with Crippen LogP contribution in [0.4, 0.5) is 5.95 Å². The van der Waals surface area contributed by atoms with Gasteiger partial charge in [0, 0.05) is 19.6 Å². The first-order chi connectivity index (χ1) is 7.83. The molecule has 6 nitrogen and oxygen atoms in total. The molecule has 2 atom stereocenters. The van der Waals surface area contributed by atoms with Crippen molar-refractivity contribution < 1.29 is 9.63 Å². The Morgan fingerprint density at radius 2 is 2.19 bits per heavy atom. The van der Waals surface area contributed by atoms with Crippen LogP contribution in [0.25, 0.3) is 0 Å². The highest BCUT2D eigenvalue weighted by Gasteiger charge is 2.29. The molecule has 88 valence electrons. The Balaban J connectivity index is 1.72. The predicted molar refractivity (Wildman–Crippen MR) is 57.1 cm³/mol. The molecule has 0 bridgehead atoms. The van der Waals surface area contributed by atoms with E-state index in [1.807, 2.05) is 0 Å². The minimum absolute atomic E-state index is 0.0128. The molecule has 3 heterocycles. The lowest BCUT2D eigenvalue weighted by Crippen LogP contribution is -2.19. The van der Waals surface area contributed by atoms with Crippen LogP contribution in [-0.2, 0) is 0 Å². The standard InChI is InChI=1S/C10H16N4O2/c15-7-5-8(11-6-7)9-12-10(13-16-9)14-3-1-2-4-14/h7-8,11,15H,1-6H2/t7-,8+/m1/s1. The zero-order valence-electron chi connectivity index (χ0n) is 9.09. The van der Waals surface area contributed by atoms with Crippen LogP contribution in [0.5, 0.6) is 0 Å². The van der Waals surface area contributed by atoms with E-state index in [-0.39, 0.29) is 12.1 Å². The number of hydrogen-bond acceptors (Lipinski definition) is 6. The molecule has 2 fully saturated rings. The van der Waals surface area contributed by atoms with Gasteiger partial charge in [-0.05, 0) is 24.4 Å². The lowest BCUT2D eigenvalue weighted by atomic mass is 10.2. The van der Waals surface area contributed by atoms with Crippen molar-refractivity contribution in [2.75, 3.05) is 24.5 Å². The number of β-amino-alcohol motifs (C(OH)–C–C–N with tert-alkyl or cyclic N) is 1. The summed E-state index contributed by atoms with van der Waals surface area (Å²) in [6.07, 6.45) is 2.75. The molecule has 3 rings (SSSR count). The molecule has 2 saturated heterocycles. The molecule has 1 aromatic heterocycles. The van der Waals surface area contributed by atoms with Gasteiger partial charge in [0.1, 0.15) is 0 Å². The predicted octanol–water partition coefficient (Wildman–Crippen LogP) is 0.0651. The lowest BCUT2D eigenvalue weighted by molar-refractivity contribution is 0.191. The van der Waals surface area contributed by atoms with Crippen LogP contribution in [0.2, 0.25) is 0 Å². The molecule has 16 heavy (non-hydrogen) atoms. The van der Waals surface area contributed by atoms with Crippen LogP contribution >= 0.6 is 0 Å². The van der Waals surface area contributed by atoms with Crippen LogP contribution in [-0.4, -0.2) is 41.0 Å². The highest BCUT2D eigenvalue weighted by atomic mass is 16.5. The topological polar surface area (TPSA) is 74.4 Å². The van der Waals surface area contributed by atoms with Gasteiger partial charge in [-0.1, -0.05) is 0 Å². The fourth-order valence-electron chi connectivity index (χ4n) is 2.32. The third kappa shape index (κ3) is 1.78. The summed E-state index contributed by atoms with van der Waals surface area (Å²) in [5, 5.41) is 16.6. The Labute approximate surface area is 93.6 Å². The lowest BCUT2D eigenvalue weighted by Gasteiger charge is -2.10. The first-order valence-corrected chi connectivity index (χ1v) is 5.83. The molecule has 2 N–H and O–H groups in total. The molecule has 0 aromatic carbocycles. The van der Waals surface area contributed by atoms with Gasteiger partial charge in [0.15, 0.2) is 0 Å². The number of aliphatic hydroxyl groups excluding tert-OH is 1. The van der Waals surface area contributed by atoms with Gasteiger partial charge in [-0.25, -0.2) is 0 Å². The fourth-order valence-corrected chi connectivity index (χ4v) is 2.32. The summed E-state index contributed by atoms with van der Waals surface area (Å²) in [4.78, 5) is 6.52. The summed E-state index contributed by atoms with van der Waals surface area (Å²) >= 11 is 0. The summed E-state index contributed by atoms with van der Waals surface area (Å²) in [6.45, 7) is 2.63. The van der Waals surface area contributed by atoms with E-state index in [2.05, 4.69) is 20.4 Å². The summed E-state index contributed by atoms with van der Waals surface area (Å²) in [6, 6.07) is 0.0128. The highest BCUT2D eigenvalue weighted by molar-refractivity contribution is 5.29. The average molecular weight is 224 g/mol. The van der Waals surface area contributed by atoms with Gasteiger partial charge in [0.25, 0.3) is 5.95 Å². The summed E-state index contributed by atoms with van der Waals surface area (Å²) < 4.78 is 5.23. The normalized spacial score (nSPS) is 30.2. The second-order valence-electron chi connectivity index (χ2n) is 4.48. The van der Waals surface area contributed by atoms with Gasteiger partial charge >= 0.3 is 0 Å². The molecule has 2 aliphatic heterocycles. The van der Waals surface area contributed by atoms with Crippen LogP contribution in [0.15, 0.2) is 4.52 Å². The second kappa shape index (κ2) is 4.03. The van der Waals surface area contributed by atoms with Crippen LogP contribution in [0.1, 0.15) is 31.2 Å². The van der Waals surface area contributed by atoms with E-state index in [0.29, 0.717) is 24.8 Å².